The van der Waals surface area contributed by atoms with Crippen molar-refractivity contribution < 1.29 is 23.8 Å². The van der Waals surface area contributed by atoms with E-state index in [4.69, 9.17) is 19.6 Å². The lowest BCUT2D eigenvalue weighted by Gasteiger charge is -2.24. The van der Waals surface area contributed by atoms with Crippen molar-refractivity contribution in [3.63, 3.8) is 0 Å². The van der Waals surface area contributed by atoms with Crippen LogP contribution in [0.25, 0.3) is 6.08 Å². The molecule has 1 N–H and O–H groups in total. The van der Waals surface area contributed by atoms with Gasteiger partial charge >= 0.3 is 5.97 Å². The molecule has 1 aromatic rings. The summed E-state index contributed by atoms with van der Waals surface area (Å²) in [4.78, 5) is 29.3. The minimum Gasteiger partial charge on any atom is -0.493 e. The summed E-state index contributed by atoms with van der Waals surface area (Å²) in [5.41, 5.74) is 0.614. The first-order chi connectivity index (χ1) is 13.4. The van der Waals surface area contributed by atoms with Crippen LogP contribution >= 0.6 is 23.7 Å². The van der Waals surface area contributed by atoms with Gasteiger partial charge < -0.3 is 14.2 Å². The van der Waals surface area contributed by atoms with E-state index in [0.717, 1.165) is 11.9 Å². The van der Waals surface area contributed by atoms with Crippen molar-refractivity contribution in [3.05, 3.63) is 23.3 Å². The van der Waals surface area contributed by atoms with Crippen molar-refractivity contribution in [2.24, 2.45) is 9.39 Å². The first-order valence-electron chi connectivity index (χ1n) is 7.86. The lowest BCUT2D eigenvalue weighted by molar-refractivity contribution is -0.132. The summed E-state index contributed by atoms with van der Waals surface area (Å²) in [7, 11) is 2.84. The molecule has 3 rings (SSSR count). The predicted molar refractivity (Wildman–Crippen MR) is 109 cm³/mol. The Balaban J connectivity index is 2.05. The molecule has 0 bridgehead atoms. The maximum absolute atomic E-state index is 12.4. The van der Waals surface area contributed by atoms with E-state index in [1.165, 1.54) is 43.9 Å². The molecule has 0 aliphatic carbocycles. The highest BCUT2D eigenvalue weighted by Gasteiger charge is 2.37. The number of ether oxygens (including phenoxy) is 3. The minimum absolute atomic E-state index is 0.0184. The number of nitrogens with one attached hydrogen (secondary N) is 1. The molecule has 0 spiro atoms. The van der Waals surface area contributed by atoms with E-state index < -0.39 is 11.9 Å². The van der Waals surface area contributed by atoms with Crippen LogP contribution in [-0.4, -0.2) is 53.4 Å². The van der Waals surface area contributed by atoms with Crippen LogP contribution in [0.2, 0.25) is 0 Å². The highest BCUT2D eigenvalue weighted by molar-refractivity contribution is 8.18. The van der Waals surface area contributed by atoms with Crippen LogP contribution in [0.1, 0.15) is 12.5 Å². The molecule has 2 heterocycles. The number of amides is 1. The zero-order valence-corrected chi connectivity index (χ0v) is 17.1. The van der Waals surface area contributed by atoms with Gasteiger partial charge in [-0.3, -0.25) is 15.0 Å². The fourth-order valence-electron chi connectivity index (χ4n) is 2.53. The second-order valence-electron chi connectivity index (χ2n) is 5.46. The molecule has 0 radical (unpaired) electrons. The van der Waals surface area contributed by atoms with E-state index in [1.807, 2.05) is 6.26 Å². The molecule has 11 heteroatoms. The topological polar surface area (TPSA) is 114 Å². The largest absolute Gasteiger partial charge is 0.493 e. The molecule has 1 amide bonds. The van der Waals surface area contributed by atoms with Crippen molar-refractivity contribution in [1.29, 1.82) is 5.41 Å². The van der Waals surface area contributed by atoms with E-state index in [-0.39, 0.29) is 28.7 Å². The highest BCUT2D eigenvalue weighted by atomic mass is 32.2. The number of carbonyl (C=O) groups excluding carboxylic acids is 2. The normalized spacial score (nSPS) is 17.3. The number of nitrogens with zero attached hydrogens (tertiary/aromatic N) is 3. The number of carbonyl (C=O) groups is 2. The maximum Gasteiger partial charge on any atom is 0.308 e. The quantitative estimate of drug-likeness (QED) is 0.342. The third-order valence-corrected chi connectivity index (χ3v) is 5.17. The Kier molecular flexibility index (Phi) is 5.75. The Morgan fingerprint density at radius 3 is 2.46 bits per heavy atom. The van der Waals surface area contributed by atoms with Gasteiger partial charge in [0.25, 0.3) is 5.91 Å². The number of fused-ring (bicyclic) bond motifs is 1. The van der Waals surface area contributed by atoms with E-state index in [0.29, 0.717) is 15.9 Å². The van der Waals surface area contributed by atoms with Gasteiger partial charge in [-0.15, -0.1) is 0 Å². The van der Waals surface area contributed by atoms with Crippen LogP contribution in [-0.2, 0) is 9.59 Å². The fraction of sp³-hybridized carbons (Fsp3) is 0.235. The Labute approximate surface area is 169 Å². The third-order valence-electron chi connectivity index (χ3n) is 3.72. The summed E-state index contributed by atoms with van der Waals surface area (Å²) in [6, 6.07) is 3.16. The Hall–Kier alpha value is -2.79. The highest BCUT2D eigenvalue weighted by Crippen LogP contribution is 2.39. The number of amidine groups is 3. The molecule has 0 unspecified atom stereocenters. The van der Waals surface area contributed by atoms with Gasteiger partial charge in [0.1, 0.15) is 5.84 Å². The molecule has 0 fully saturated rings. The van der Waals surface area contributed by atoms with Crippen LogP contribution in [0, 0.1) is 5.41 Å². The van der Waals surface area contributed by atoms with Crippen LogP contribution in [0.15, 0.2) is 27.1 Å². The van der Waals surface area contributed by atoms with Gasteiger partial charge in [0.2, 0.25) is 10.9 Å². The van der Waals surface area contributed by atoms with Crippen molar-refractivity contribution in [1.82, 2.24) is 4.90 Å². The van der Waals surface area contributed by atoms with Crippen molar-refractivity contribution in [2.45, 2.75) is 6.92 Å². The molecule has 1 aromatic carbocycles. The Morgan fingerprint density at radius 1 is 1.29 bits per heavy atom. The van der Waals surface area contributed by atoms with Gasteiger partial charge in [0, 0.05) is 6.92 Å². The molecular formula is C17H16N4O5S2. The van der Waals surface area contributed by atoms with E-state index >= 15 is 0 Å². The summed E-state index contributed by atoms with van der Waals surface area (Å²) in [6.07, 6.45) is 3.34. The fourth-order valence-corrected chi connectivity index (χ4v) is 3.98. The Morgan fingerprint density at radius 2 is 1.93 bits per heavy atom. The average Bonchev–Trinajstić information content (AvgIpc) is 3.08. The molecule has 0 aromatic heterocycles. The third kappa shape index (κ3) is 3.62. The average molecular weight is 420 g/mol. The predicted octanol–water partition coefficient (Wildman–Crippen LogP) is 2.57. The van der Waals surface area contributed by atoms with E-state index in [9.17, 15) is 9.59 Å². The van der Waals surface area contributed by atoms with E-state index in [2.05, 4.69) is 9.39 Å². The number of hydrogen-bond donors (Lipinski definition) is 1. The molecule has 0 saturated heterocycles. The first kappa shape index (κ1) is 20.0. The summed E-state index contributed by atoms with van der Waals surface area (Å²) >= 11 is 2.42. The molecule has 0 atom stereocenters. The van der Waals surface area contributed by atoms with Crippen molar-refractivity contribution in [3.8, 4) is 17.2 Å². The molecule has 2 aliphatic rings. The van der Waals surface area contributed by atoms with E-state index in [1.54, 1.807) is 12.1 Å². The zero-order chi connectivity index (χ0) is 20.4. The molecular weight excluding hydrogens is 404 g/mol. The van der Waals surface area contributed by atoms with Gasteiger partial charge in [-0.1, -0.05) is 11.8 Å². The van der Waals surface area contributed by atoms with Gasteiger partial charge in [0.05, 0.1) is 31.7 Å². The second-order valence-corrected chi connectivity index (χ2v) is 6.96. The Bertz CT molecular complexity index is 945. The lowest BCUT2D eigenvalue weighted by Crippen LogP contribution is -2.41. The summed E-state index contributed by atoms with van der Waals surface area (Å²) in [5, 5.41) is 9.37. The first-order valence-corrected chi connectivity index (χ1v) is 9.86. The van der Waals surface area contributed by atoms with Crippen LogP contribution in [0.4, 0.5) is 0 Å². The van der Waals surface area contributed by atoms with Gasteiger partial charge in [-0.2, -0.15) is 9.39 Å². The number of thioether (sulfide) groups is 1. The van der Waals surface area contributed by atoms with Crippen molar-refractivity contribution in [2.75, 3.05) is 20.5 Å². The number of hydrogen-bond acceptors (Lipinski definition) is 9. The van der Waals surface area contributed by atoms with Crippen LogP contribution < -0.4 is 14.2 Å². The van der Waals surface area contributed by atoms with Gasteiger partial charge in [-0.25, -0.2) is 4.90 Å². The zero-order valence-electron chi connectivity index (χ0n) is 15.4. The number of methoxy groups -OCH3 is 2. The maximum atomic E-state index is 12.4. The van der Waals surface area contributed by atoms with Gasteiger partial charge in [-0.05, 0) is 30.0 Å². The summed E-state index contributed by atoms with van der Waals surface area (Å²) in [5.74, 6) is -0.438. The standard InChI is InChI=1S/C17H16N4O5S2/c1-8(22)26-13-11(24-2)6-9(7-12(13)25-3)5-10-14(18)21-16(19-15(10)23)28-20-17(21)27-4/h5-7,18H,1-4H3/b10-5-,18-14?. The van der Waals surface area contributed by atoms with Crippen LogP contribution in [0.3, 0.4) is 0 Å². The van der Waals surface area contributed by atoms with Gasteiger partial charge in [0.15, 0.2) is 16.7 Å². The molecule has 2 aliphatic heterocycles. The molecule has 0 saturated carbocycles. The van der Waals surface area contributed by atoms with Crippen molar-refractivity contribution >= 4 is 57.8 Å². The smallest absolute Gasteiger partial charge is 0.308 e. The summed E-state index contributed by atoms with van der Waals surface area (Å²) < 4.78 is 19.9. The molecule has 146 valence electrons. The number of aliphatic imine (C=N–C) groups is 1. The number of rotatable bonds is 4. The number of benzene rings is 1. The molecule has 9 nitrogen and oxygen atoms in total. The number of esters is 1. The molecule has 28 heavy (non-hydrogen) atoms. The lowest BCUT2D eigenvalue weighted by atomic mass is 10.1. The monoisotopic (exact) mass is 420 g/mol. The van der Waals surface area contributed by atoms with Crippen LogP contribution in [0.5, 0.6) is 17.2 Å². The SMILES string of the molecule is COc1cc(/C=C2/C(=N)N3C(SC)=NSC3=NC2=O)cc(OC)c1OC(C)=O. The minimum atomic E-state index is -0.539. The second kappa shape index (κ2) is 8.07. The summed E-state index contributed by atoms with van der Waals surface area (Å²) in [6.45, 7) is 1.27.